The molecule has 0 fully saturated rings. The monoisotopic (exact) mass is 335 g/mol. The first-order chi connectivity index (χ1) is 12.2. The van der Waals surface area contributed by atoms with Crippen LogP contribution in [0.1, 0.15) is 19.4 Å². The van der Waals surface area contributed by atoms with Crippen molar-refractivity contribution in [1.29, 1.82) is 0 Å². The van der Waals surface area contributed by atoms with Crippen molar-refractivity contribution in [2.45, 2.75) is 13.8 Å². The maximum Gasteiger partial charge on any atom is 0.163 e. The lowest BCUT2D eigenvalue weighted by molar-refractivity contribution is 0.288. The molecule has 4 nitrogen and oxygen atoms in total. The summed E-state index contributed by atoms with van der Waals surface area (Å²) in [5.41, 5.74) is 1.43. The average Bonchev–Trinajstić information content (AvgIpc) is 2.63. The number of rotatable bonds is 6. The van der Waals surface area contributed by atoms with Gasteiger partial charge in [-0.1, -0.05) is 30.3 Å². The first kappa shape index (κ1) is 16.8. The Morgan fingerprint density at radius 3 is 2.48 bits per heavy atom. The number of aromatic hydroxyl groups is 1. The molecule has 0 unspecified atom stereocenters. The lowest BCUT2D eigenvalue weighted by Gasteiger charge is -2.11. The molecular formula is C21H21NO3. The van der Waals surface area contributed by atoms with Crippen molar-refractivity contribution in [3.8, 4) is 17.2 Å². The van der Waals surface area contributed by atoms with Crippen molar-refractivity contribution in [3.05, 3.63) is 60.2 Å². The molecule has 3 aromatic carbocycles. The SMILES string of the molecule is CCOc1ccc(N=Cc2c(O)ccc3ccccc23)cc1OCC. The van der Waals surface area contributed by atoms with Gasteiger partial charge in [-0.2, -0.15) is 0 Å². The largest absolute Gasteiger partial charge is 0.507 e. The average molecular weight is 335 g/mol. The van der Waals surface area contributed by atoms with Crippen LogP contribution in [0.5, 0.6) is 17.2 Å². The molecule has 0 aliphatic rings. The second kappa shape index (κ2) is 7.71. The maximum atomic E-state index is 10.2. The van der Waals surface area contributed by atoms with Crippen LogP contribution in [0, 0.1) is 0 Å². The van der Waals surface area contributed by atoms with Crippen molar-refractivity contribution in [2.75, 3.05) is 13.2 Å². The zero-order valence-electron chi connectivity index (χ0n) is 14.4. The molecule has 4 heteroatoms. The molecule has 0 spiro atoms. The third-order valence-corrected chi connectivity index (χ3v) is 3.82. The third-order valence-electron chi connectivity index (χ3n) is 3.82. The molecule has 3 rings (SSSR count). The Balaban J connectivity index is 1.97. The molecule has 0 aliphatic heterocycles. The van der Waals surface area contributed by atoms with Crippen LogP contribution in [0.15, 0.2) is 59.6 Å². The standard InChI is InChI=1S/C21H21NO3/c1-3-24-20-12-10-16(13-21(20)25-4-2)22-14-18-17-8-6-5-7-15(17)9-11-19(18)23/h5-14,23H,3-4H2,1-2H3. The molecule has 0 saturated heterocycles. The van der Waals surface area contributed by atoms with Gasteiger partial charge in [0.2, 0.25) is 0 Å². The fraction of sp³-hybridized carbons (Fsp3) is 0.190. The summed E-state index contributed by atoms with van der Waals surface area (Å²) >= 11 is 0. The molecule has 0 amide bonds. The topological polar surface area (TPSA) is 51.0 Å². The molecular weight excluding hydrogens is 314 g/mol. The first-order valence-corrected chi connectivity index (χ1v) is 8.37. The van der Waals surface area contributed by atoms with Gasteiger partial charge < -0.3 is 14.6 Å². The molecule has 0 aliphatic carbocycles. The van der Waals surface area contributed by atoms with Gasteiger partial charge in [-0.15, -0.1) is 0 Å². The van der Waals surface area contributed by atoms with Gasteiger partial charge in [0.1, 0.15) is 5.75 Å². The minimum absolute atomic E-state index is 0.207. The Kier molecular flexibility index (Phi) is 5.19. The number of hydrogen-bond donors (Lipinski definition) is 1. The first-order valence-electron chi connectivity index (χ1n) is 8.37. The van der Waals surface area contributed by atoms with E-state index in [0.29, 0.717) is 30.3 Å². The molecule has 0 saturated carbocycles. The summed E-state index contributed by atoms with van der Waals surface area (Å²) in [4.78, 5) is 4.51. The minimum Gasteiger partial charge on any atom is -0.507 e. The lowest BCUT2D eigenvalue weighted by Crippen LogP contribution is -1.97. The number of nitrogens with zero attached hydrogens (tertiary/aromatic N) is 1. The van der Waals surface area contributed by atoms with E-state index in [1.165, 1.54) is 0 Å². The second-order valence-corrected chi connectivity index (χ2v) is 5.47. The number of ether oxygens (including phenoxy) is 2. The van der Waals surface area contributed by atoms with Gasteiger partial charge in [0.25, 0.3) is 0 Å². The van der Waals surface area contributed by atoms with Gasteiger partial charge >= 0.3 is 0 Å². The van der Waals surface area contributed by atoms with Gasteiger partial charge in [-0.3, -0.25) is 4.99 Å². The van der Waals surface area contributed by atoms with Crippen molar-refractivity contribution in [3.63, 3.8) is 0 Å². The van der Waals surface area contributed by atoms with Crippen LogP contribution in [0.4, 0.5) is 5.69 Å². The van der Waals surface area contributed by atoms with Crippen molar-refractivity contribution in [1.82, 2.24) is 0 Å². The predicted octanol–water partition coefficient (Wildman–Crippen LogP) is 5.09. The number of hydrogen-bond acceptors (Lipinski definition) is 4. The quantitative estimate of drug-likeness (QED) is 0.638. The van der Waals surface area contributed by atoms with Crippen molar-refractivity contribution >= 4 is 22.7 Å². The Morgan fingerprint density at radius 2 is 1.68 bits per heavy atom. The molecule has 25 heavy (non-hydrogen) atoms. The molecule has 128 valence electrons. The van der Waals surface area contributed by atoms with Gasteiger partial charge in [-0.25, -0.2) is 0 Å². The Bertz CT molecular complexity index is 903. The summed E-state index contributed by atoms with van der Waals surface area (Å²) in [6, 6.07) is 17.0. The summed E-state index contributed by atoms with van der Waals surface area (Å²) in [6.07, 6.45) is 1.68. The van der Waals surface area contributed by atoms with E-state index in [2.05, 4.69) is 4.99 Å². The molecule has 0 aromatic heterocycles. The molecule has 0 heterocycles. The van der Waals surface area contributed by atoms with Gasteiger partial charge in [-0.05, 0) is 42.8 Å². The summed E-state index contributed by atoms with van der Waals surface area (Å²) in [6.45, 7) is 4.99. The van der Waals surface area contributed by atoms with Crippen LogP contribution in [0.25, 0.3) is 10.8 Å². The number of benzene rings is 3. The summed E-state index contributed by atoms with van der Waals surface area (Å²) < 4.78 is 11.2. The highest BCUT2D eigenvalue weighted by Crippen LogP contribution is 2.32. The smallest absolute Gasteiger partial charge is 0.163 e. The third kappa shape index (κ3) is 3.74. The van der Waals surface area contributed by atoms with E-state index in [0.717, 1.165) is 16.5 Å². The Hall–Kier alpha value is -3.01. The molecule has 3 aromatic rings. The molecule has 0 bridgehead atoms. The van der Waals surface area contributed by atoms with Gasteiger partial charge in [0, 0.05) is 17.8 Å². The highest BCUT2D eigenvalue weighted by atomic mass is 16.5. The van der Waals surface area contributed by atoms with Crippen LogP contribution in [0.3, 0.4) is 0 Å². The van der Waals surface area contributed by atoms with E-state index in [1.54, 1.807) is 12.3 Å². The molecule has 1 N–H and O–H groups in total. The van der Waals surface area contributed by atoms with Crippen LogP contribution in [-0.4, -0.2) is 24.5 Å². The fourth-order valence-electron chi connectivity index (χ4n) is 2.68. The molecule has 0 atom stereocenters. The maximum absolute atomic E-state index is 10.2. The highest BCUT2D eigenvalue weighted by Gasteiger charge is 2.07. The molecule has 0 radical (unpaired) electrons. The highest BCUT2D eigenvalue weighted by molar-refractivity contribution is 6.03. The lowest BCUT2D eigenvalue weighted by atomic mass is 10.0. The predicted molar refractivity (Wildman–Crippen MR) is 102 cm³/mol. The van der Waals surface area contributed by atoms with E-state index in [1.807, 2.05) is 62.4 Å². The van der Waals surface area contributed by atoms with Crippen molar-refractivity contribution in [2.24, 2.45) is 4.99 Å². The van der Waals surface area contributed by atoms with Gasteiger partial charge in [0.15, 0.2) is 11.5 Å². The number of aliphatic imine (C=N–C) groups is 1. The van der Waals surface area contributed by atoms with E-state index < -0.39 is 0 Å². The number of phenols is 1. The minimum atomic E-state index is 0.207. The summed E-state index contributed by atoms with van der Waals surface area (Å²) in [5, 5.41) is 12.2. The van der Waals surface area contributed by atoms with Crippen LogP contribution in [-0.2, 0) is 0 Å². The van der Waals surface area contributed by atoms with E-state index in [-0.39, 0.29) is 5.75 Å². The van der Waals surface area contributed by atoms with Crippen molar-refractivity contribution < 1.29 is 14.6 Å². The summed E-state index contributed by atoms with van der Waals surface area (Å²) in [5.74, 6) is 1.58. The van der Waals surface area contributed by atoms with Crippen LogP contribution < -0.4 is 9.47 Å². The normalized spacial score (nSPS) is 11.1. The zero-order valence-corrected chi connectivity index (χ0v) is 14.4. The van der Waals surface area contributed by atoms with E-state index in [9.17, 15) is 5.11 Å². The summed E-state index contributed by atoms with van der Waals surface area (Å²) in [7, 11) is 0. The van der Waals surface area contributed by atoms with E-state index in [4.69, 9.17) is 9.47 Å². The van der Waals surface area contributed by atoms with E-state index >= 15 is 0 Å². The Labute approximate surface area is 147 Å². The van der Waals surface area contributed by atoms with Gasteiger partial charge in [0.05, 0.1) is 18.9 Å². The second-order valence-electron chi connectivity index (χ2n) is 5.47. The number of phenolic OH excluding ortho intramolecular Hbond substituents is 1. The Morgan fingerprint density at radius 1 is 0.920 bits per heavy atom. The zero-order chi connectivity index (χ0) is 17.6. The fourth-order valence-corrected chi connectivity index (χ4v) is 2.68. The number of fused-ring (bicyclic) bond motifs is 1. The van der Waals surface area contributed by atoms with Crippen LogP contribution in [0.2, 0.25) is 0 Å². The van der Waals surface area contributed by atoms with Crippen LogP contribution >= 0.6 is 0 Å².